The topological polar surface area (TPSA) is 75.4 Å². The van der Waals surface area contributed by atoms with Crippen molar-refractivity contribution in [1.29, 1.82) is 0 Å². The third-order valence-electron chi connectivity index (χ3n) is 4.47. The maximum atomic E-state index is 12.1. The SMILES string of the molecule is CC(C)(C)N1CC(NC(=O)C[C@@H]2CCC[C@H]2N)CC1=O.Cl. The molecule has 1 aliphatic heterocycles. The first-order valence-corrected chi connectivity index (χ1v) is 7.63. The smallest absolute Gasteiger partial charge is 0.225 e. The van der Waals surface area contributed by atoms with Crippen LogP contribution in [-0.4, -0.2) is 40.9 Å². The van der Waals surface area contributed by atoms with Gasteiger partial charge < -0.3 is 16.0 Å². The quantitative estimate of drug-likeness (QED) is 0.827. The molecule has 0 bridgehead atoms. The molecule has 0 aromatic rings. The predicted molar refractivity (Wildman–Crippen MR) is 85.2 cm³/mol. The van der Waals surface area contributed by atoms with Crippen molar-refractivity contribution in [2.24, 2.45) is 11.7 Å². The molecule has 1 saturated heterocycles. The van der Waals surface area contributed by atoms with Crippen LogP contribution >= 0.6 is 12.4 Å². The molecule has 0 radical (unpaired) electrons. The highest BCUT2D eigenvalue weighted by atomic mass is 35.5. The number of rotatable bonds is 3. The van der Waals surface area contributed by atoms with Gasteiger partial charge in [-0.25, -0.2) is 0 Å². The van der Waals surface area contributed by atoms with E-state index in [0.29, 0.717) is 25.3 Å². The van der Waals surface area contributed by atoms with Gasteiger partial charge in [0.2, 0.25) is 11.8 Å². The average Bonchev–Trinajstić information content (AvgIpc) is 2.85. The molecule has 6 heteroatoms. The normalized spacial score (nSPS) is 29.4. The first-order valence-electron chi connectivity index (χ1n) is 7.63. The van der Waals surface area contributed by atoms with E-state index in [1.54, 1.807) is 0 Å². The van der Waals surface area contributed by atoms with Crippen molar-refractivity contribution in [3.8, 4) is 0 Å². The fourth-order valence-corrected chi connectivity index (χ4v) is 3.30. The Labute approximate surface area is 133 Å². The molecule has 3 N–H and O–H groups in total. The molecule has 1 aliphatic carbocycles. The van der Waals surface area contributed by atoms with Crippen molar-refractivity contribution in [3.05, 3.63) is 0 Å². The predicted octanol–water partition coefficient (Wildman–Crippen LogP) is 1.44. The van der Waals surface area contributed by atoms with Crippen LogP contribution in [0.2, 0.25) is 0 Å². The van der Waals surface area contributed by atoms with Gasteiger partial charge in [0.25, 0.3) is 0 Å². The van der Waals surface area contributed by atoms with E-state index < -0.39 is 0 Å². The van der Waals surface area contributed by atoms with Crippen LogP contribution < -0.4 is 11.1 Å². The van der Waals surface area contributed by atoms with Crippen molar-refractivity contribution in [3.63, 3.8) is 0 Å². The zero-order valence-corrected chi connectivity index (χ0v) is 14.0. The third-order valence-corrected chi connectivity index (χ3v) is 4.47. The number of nitrogens with one attached hydrogen (secondary N) is 1. The lowest BCUT2D eigenvalue weighted by Gasteiger charge is -2.32. The first kappa shape index (κ1) is 18.2. The molecule has 2 amide bonds. The van der Waals surface area contributed by atoms with Crippen LogP contribution in [0, 0.1) is 5.92 Å². The number of nitrogens with two attached hydrogens (primary N) is 1. The van der Waals surface area contributed by atoms with Gasteiger partial charge in [0.15, 0.2) is 0 Å². The summed E-state index contributed by atoms with van der Waals surface area (Å²) in [6.45, 7) is 6.68. The Bertz CT molecular complexity index is 395. The second-order valence-electron chi connectivity index (χ2n) is 7.20. The highest BCUT2D eigenvalue weighted by Crippen LogP contribution is 2.27. The van der Waals surface area contributed by atoms with Crippen LogP contribution in [0.5, 0.6) is 0 Å². The largest absolute Gasteiger partial charge is 0.351 e. The fourth-order valence-electron chi connectivity index (χ4n) is 3.30. The number of carbonyl (C=O) groups excluding carboxylic acids is 2. The minimum atomic E-state index is -0.176. The van der Waals surface area contributed by atoms with Gasteiger partial charge in [-0.3, -0.25) is 9.59 Å². The molecule has 0 aromatic carbocycles. The van der Waals surface area contributed by atoms with E-state index in [4.69, 9.17) is 5.73 Å². The zero-order chi connectivity index (χ0) is 14.9. The summed E-state index contributed by atoms with van der Waals surface area (Å²) in [6, 6.07) is 0.115. The van der Waals surface area contributed by atoms with Crippen LogP contribution in [-0.2, 0) is 9.59 Å². The highest BCUT2D eigenvalue weighted by molar-refractivity contribution is 5.85. The van der Waals surface area contributed by atoms with E-state index in [-0.39, 0.29) is 41.8 Å². The molecule has 2 rings (SSSR count). The van der Waals surface area contributed by atoms with Gasteiger partial charge >= 0.3 is 0 Å². The number of hydrogen-bond acceptors (Lipinski definition) is 3. The maximum absolute atomic E-state index is 12.1. The van der Waals surface area contributed by atoms with E-state index in [2.05, 4.69) is 5.32 Å². The van der Waals surface area contributed by atoms with Crippen molar-refractivity contribution in [2.45, 2.75) is 70.5 Å². The van der Waals surface area contributed by atoms with Gasteiger partial charge in [-0.05, 0) is 39.5 Å². The minimum Gasteiger partial charge on any atom is -0.351 e. The summed E-state index contributed by atoms with van der Waals surface area (Å²) < 4.78 is 0. The lowest BCUT2D eigenvalue weighted by Crippen LogP contribution is -2.45. The van der Waals surface area contributed by atoms with Gasteiger partial charge in [-0.15, -0.1) is 12.4 Å². The van der Waals surface area contributed by atoms with Crippen LogP contribution in [0.25, 0.3) is 0 Å². The summed E-state index contributed by atoms with van der Waals surface area (Å²) in [5, 5.41) is 3.00. The Hall–Kier alpha value is -0.810. The Balaban J connectivity index is 0.00000220. The van der Waals surface area contributed by atoms with Crippen LogP contribution in [0.3, 0.4) is 0 Å². The summed E-state index contributed by atoms with van der Waals surface area (Å²) >= 11 is 0. The molecule has 21 heavy (non-hydrogen) atoms. The Kier molecular flexibility index (Phi) is 6.05. The third kappa shape index (κ3) is 4.58. The van der Waals surface area contributed by atoms with E-state index in [1.165, 1.54) is 0 Å². The Morgan fingerprint density at radius 2 is 2.05 bits per heavy atom. The Morgan fingerprint density at radius 3 is 2.52 bits per heavy atom. The van der Waals surface area contributed by atoms with E-state index in [9.17, 15) is 9.59 Å². The van der Waals surface area contributed by atoms with Gasteiger partial charge in [0, 0.05) is 31.0 Å². The van der Waals surface area contributed by atoms with Crippen molar-refractivity contribution >= 4 is 24.2 Å². The zero-order valence-electron chi connectivity index (χ0n) is 13.2. The molecule has 2 aliphatic rings. The molecule has 0 spiro atoms. The van der Waals surface area contributed by atoms with Gasteiger partial charge in [-0.2, -0.15) is 0 Å². The molecular formula is C15H28ClN3O2. The standard InChI is InChI=1S/C15H27N3O2.ClH/c1-15(2,3)18-9-11(8-14(18)20)17-13(19)7-10-5-4-6-12(10)16;/h10-12H,4-9,16H2,1-3H3,(H,17,19);1H/t10-,11?,12+;/m0./s1. The minimum absolute atomic E-state index is 0. The number of amides is 2. The second-order valence-corrected chi connectivity index (χ2v) is 7.20. The number of halogens is 1. The van der Waals surface area contributed by atoms with Gasteiger partial charge in [0.1, 0.15) is 0 Å². The van der Waals surface area contributed by atoms with Gasteiger partial charge in [-0.1, -0.05) is 6.42 Å². The van der Waals surface area contributed by atoms with E-state index in [1.807, 2.05) is 25.7 Å². The summed E-state index contributed by atoms with van der Waals surface area (Å²) in [5.41, 5.74) is 5.82. The fraction of sp³-hybridized carbons (Fsp3) is 0.867. The number of hydrogen-bond donors (Lipinski definition) is 2. The molecular weight excluding hydrogens is 290 g/mol. The number of carbonyl (C=O) groups is 2. The lowest BCUT2D eigenvalue weighted by molar-refractivity contribution is -0.131. The average molecular weight is 318 g/mol. The molecule has 5 nitrogen and oxygen atoms in total. The van der Waals surface area contributed by atoms with Crippen LogP contribution in [0.15, 0.2) is 0 Å². The molecule has 1 heterocycles. The molecule has 3 atom stereocenters. The van der Waals surface area contributed by atoms with Crippen molar-refractivity contribution < 1.29 is 9.59 Å². The van der Waals surface area contributed by atoms with E-state index >= 15 is 0 Å². The monoisotopic (exact) mass is 317 g/mol. The molecule has 122 valence electrons. The van der Waals surface area contributed by atoms with Crippen LogP contribution in [0.1, 0.15) is 52.9 Å². The summed E-state index contributed by atoms with van der Waals surface area (Å²) in [5.74, 6) is 0.479. The summed E-state index contributed by atoms with van der Waals surface area (Å²) in [4.78, 5) is 25.9. The van der Waals surface area contributed by atoms with Crippen LogP contribution in [0.4, 0.5) is 0 Å². The lowest BCUT2D eigenvalue weighted by atomic mass is 9.99. The van der Waals surface area contributed by atoms with Gasteiger partial charge in [0.05, 0.1) is 6.04 Å². The van der Waals surface area contributed by atoms with Crippen molar-refractivity contribution in [1.82, 2.24) is 10.2 Å². The molecule has 1 saturated carbocycles. The van der Waals surface area contributed by atoms with Crippen molar-refractivity contribution in [2.75, 3.05) is 6.54 Å². The highest BCUT2D eigenvalue weighted by Gasteiger charge is 2.37. The maximum Gasteiger partial charge on any atom is 0.225 e. The Morgan fingerprint density at radius 1 is 1.38 bits per heavy atom. The molecule has 2 fully saturated rings. The van der Waals surface area contributed by atoms with E-state index in [0.717, 1.165) is 19.3 Å². The number of nitrogens with zero attached hydrogens (tertiary/aromatic N) is 1. The molecule has 0 aromatic heterocycles. The first-order chi connectivity index (χ1) is 9.27. The summed E-state index contributed by atoms with van der Waals surface area (Å²) in [7, 11) is 0. The number of likely N-dealkylation sites (tertiary alicyclic amines) is 1. The summed E-state index contributed by atoms with van der Waals surface area (Å²) in [6.07, 6.45) is 4.11. The molecule has 1 unspecified atom stereocenters. The second kappa shape index (κ2) is 6.97.